The van der Waals surface area contributed by atoms with E-state index in [1.54, 1.807) is 0 Å². The largest absolute Gasteiger partial charge is 0.491 e. The standard InChI is InChI=1S/C17H26N2O2/c1-3-12(2)21-15-9-7-14(8-10-15)19-17(20)11-13-5-4-6-16(13)18/h7-10,12-13,16H,3-6,11,18H2,1-2H3,(H,19,20)/t12?,13-,16+/m0/s1. The Labute approximate surface area is 127 Å². The first-order valence-electron chi connectivity index (χ1n) is 7.90. The molecule has 0 aromatic heterocycles. The molecule has 21 heavy (non-hydrogen) atoms. The molecular formula is C17H26N2O2. The number of nitrogens with two attached hydrogens (primary N) is 1. The Balaban J connectivity index is 1.83. The Morgan fingerprint density at radius 1 is 1.38 bits per heavy atom. The van der Waals surface area contributed by atoms with Gasteiger partial charge in [-0.25, -0.2) is 0 Å². The molecule has 4 heteroatoms. The molecule has 1 aromatic rings. The van der Waals surface area contributed by atoms with Gasteiger partial charge in [0.1, 0.15) is 5.75 Å². The Bertz CT molecular complexity index is 458. The SMILES string of the molecule is CCC(C)Oc1ccc(NC(=O)C[C@@H]2CCC[C@H]2N)cc1. The Hall–Kier alpha value is -1.55. The van der Waals surface area contributed by atoms with Gasteiger partial charge in [0.05, 0.1) is 6.10 Å². The normalized spacial score (nSPS) is 22.8. The van der Waals surface area contributed by atoms with Crippen LogP contribution in [0.15, 0.2) is 24.3 Å². The minimum Gasteiger partial charge on any atom is -0.491 e. The van der Waals surface area contributed by atoms with Gasteiger partial charge in [0, 0.05) is 18.2 Å². The highest BCUT2D eigenvalue weighted by atomic mass is 16.5. The molecule has 1 aliphatic rings. The van der Waals surface area contributed by atoms with Crippen molar-refractivity contribution < 1.29 is 9.53 Å². The third kappa shape index (κ3) is 4.74. The number of carbonyl (C=O) groups is 1. The second kappa shape index (κ2) is 7.46. The number of nitrogens with one attached hydrogen (secondary N) is 1. The molecule has 1 aromatic carbocycles. The number of carbonyl (C=O) groups excluding carboxylic acids is 1. The predicted octanol–water partition coefficient (Wildman–Crippen LogP) is 3.32. The summed E-state index contributed by atoms with van der Waals surface area (Å²) in [5.41, 5.74) is 6.81. The zero-order valence-electron chi connectivity index (χ0n) is 13.0. The molecule has 1 fully saturated rings. The number of amides is 1. The zero-order chi connectivity index (χ0) is 15.2. The van der Waals surface area contributed by atoms with Gasteiger partial charge in [-0.2, -0.15) is 0 Å². The van der Waals surface area contributed by atoms with Crippen molar-refractivity contribution in [2.75, 3.05) is 5.32 Å². The summed E-state index contributed by atoms with van der Waals surface area (Å²) < 4.78 is 5.72. The Kier molecular flexibility index (Phi) is 5.62. The lowest BCUT2D eigenvalue weighted by Crippen LogP contribution is -2.28. The lowest BCUT2D eigenvalue weighted by Gasteiger charge is -2.15. The molecule has 0 aliphatic heterocycles. The molecule has 1 amide bonds. The van der Waals surface area contributed by atoms with Crippen LogP contribution in [0.1, 0.15) is 46.0 Å². The van der Waals surface area contributed by atoms with Gasteiger partial charge in [0.2, 0.25) is 5.91 Å². The average Bonchev–Trinajstić information content (AvgIpc) is 2.86. The molecule has 0 saturated heterocycles. The summed E-state index contributed by atoms with van der Waals surface area (Å²) in [6.07, 6.45) is 4.94. The van der Waals surface area contributed by atoms with Crippen LogP contribution in [0.2, 0.25) is 0 Å². The van der Waals surface area contributed by atoms with Gasteiger partial charge in [0.15, 0.2) is 0 Å². The summed E-state index contributed by atoms with van der Waals surface area (Å²) >= 11 is 0. The van der Waals surface area contributed by atoms with Gasteiger partial charge < -0.3 is 15.8 Å². The third-order valence-corrected chi connectivity index (χ3v) is 4.22. The van der Waals surface area contributed by atoms with Crippen molar-refractivity contribution in [1.29, 1.82) is 0 Å². The summed E-state index contributed by atoms with van der Waals surface area (Å²) in [7, 11) is 0. The van der Waals surface area contributed by atoms with Gasteiger partial charge >= 0.3 is 0 Å². The van der Waals surface area contributed by atoms with E-state index in [9.17, 15) is 4.79 Å². The molecule has 0 heterocycles. The summed E-state index contributed by atoms with van der Waals surface area (Å²) in [4.78, 5) is 12.0. The van der Waals surface area contributed by atoms with Crippen molar-refractivity contribution in [2.45, 2.75) is 58.1 Å². The predicted molar refractivity (Wildman–Crippen MR) is 85.4 cm³/mol. The molecule has 1 unspecified atom stereocenters. The van der Waals surface area contributed by atoms with E-state index < -0.39 is 0 Å². The van der Waals surface area contributed by atoms with Gasteiger partial charge in [0.25, 0.3) is 0 Å². The highest BCUT2D eigenvalue weighted by Crippen LogP contribution is 2.27. The number of rotatable bonds is 6. The molecule has 0 bridgehead atoms. The molecule has 2 rings (SSSR count). The number of ether oxygens (including phenoxy) is 1. The van der Waals surface area contributed by atoms with Crippen LogP contribution in [0.25, 0.3) is 0 Å². The maximum absolute atomic E-state index is 12.0. The van der Waals surface area contributed by atoms with Crippen LogP contribution in [0, 0.1) is 5.92 Å². The number of anilines is 1. The lowest BCUT2D eigenvalue weighted by molar-refractivity contribution is -0.117. The molecular weight excluding hydrogens is 264 g/mol. The minimum atomic E-state index is 0.0490. The number of hydrogen-bond acceptors (Lipinski definition) is 3. The van der Waals surface area contributed by atoms with Crippen LogP contribution in [0.5, 0.6) is 5.75 Å². The van der Waals surface area contributed by atoms with Gasteiger partial charge in [-0.15, -0.1) is 0 Å². The van der Waals surface area contributed by atoms with Crippen molar-refractivity contribution in [3.63, 3.8) is 0 Å². The zero-order valence-corrected chi connectivity index (χ0v) is 13.0. The van der Waals surface area contributed by atoms with Crippen LogP contribution >= 0.6 is 0 Å². The summed E-state index contributed by atoms with van der Waals surface area (Å²) in [5, 5.41) is 2.93. The average molecular weight is 290 g/mol. The summed E-state index contributed by atoms with van der Waals surface area (Å²) in [6, 6.07) is 7.72. The van der Waals surface area contributed by atoms with Crippen LogP contribution in [-0.4, -0.2) is 18.1 Å². The fourth-order valence-corrected chi connectivity index (χ4v) is 2.70. The molecule has 3 atom stereocenters. The first-order chi connectivity index (χ1) is 10.1. The van der Waals surface area contributed by atoms with Crippen molar-refractivity contribution in [3.05, 3.63) is 24.3 Å². The van der Waals surface area contributed by atoms with E-state index in [0.717, 1.165) is 37.1 Å². The molecule has 0 spiro atoms. The van der Waals surface area contributed by atoms with Crippen molar-refractivity contribution in [3.8, 4) is 5.75 Å². The highest BCUT2D eigenvalue weighted by molar-refractivity contribution is 5.90. The summed E-state index contributed by atoms with van der Waals surface area (Å²) in [5.74, 6) is 1.21. The molecule has 3 N–H and O–H groups in total. The number of benzene rings is 1. The maximum atomic E-state index is 12.0. The van der Waals surface area contributed by atoms with E-state index in [0.29, 0.717) is 12.3 Å². The Morgan fingerprint density at radius 3 is 2.67 bits per heavy atom. The van der Waals surface area contributed by atoms with Crippen molar-refractivity contribution >= 4 is 11.6 Å². The quantitative estimate of drug-likeness (QED) is 0.844. The van der Waals surface area contributed by atoms with E-state index in [2.05, 4.69) is 12.2 Å². The van der Waals surface area contributed by atoms with E-state index in [-0.39, 0.29) is 18.1 Å². The first kappa shape index (κ1) is 15.8. The van der Waals surface area contributed by atoms with Crippen molar-refractivity contribution in [2.24, 2.45) is 11.7 Å². The second-order valence-corrected chi connectivity index (χ2v) is 5.97. The fourth-order valence-electron chi connectivity index (χ4n) is 2.70. The topological polar surface area (TPSA) is 64.3 Å². The van der Waals surface area contributed by atoms with Crippen LogP contribution < -0.4 is 15.8 Å². The van der Waals surface area contributed by atoms with Crippen LogP contribution in [0.4, 0.5) is 5.69 Å². The summed E-state index contributed by atoms with van der Waals surface area (Å²) in [6.45, 7) is 4.13. The highest BCUT2D eigenvalue weighted by Gasteiger charge is 2.25. The molecule has 116 valence electrons. The molecule has 1 saturated carbocycles. The monoisotopic (exact) mass is 290 g/mol. The molecule has 0 radical (unpaired) electrons. The van der Waals surface area contributed by atoms with E-state index in [4.69, 9.17) is 10.5 Å². The minimum absolute atomic E-state index is 0.0490. The van der Waals surface area contributed by atoms with Crippen LogP contribution in [0.3, 0.4) is 0 Å². The van der Waals surface area contributed by atoms with E-state index in [1.165, 1.54) is 0 Å². The number of hydrogen-bond donors (Lipinski definition) is 2. The maximum Gasteiger partial charge on any atom is 0.224 e. The Morgan fingerprint density at radius 2 is 2.10 bits per heavy atom. The first-order valence-corrected chi connectivity index (χ1v) is 7.90. The molecule has 4 nitrogen and oxygen atoms in total. The third-order valence-electron chi connectivity index (χ3n) is 4.22. The molecule has 1 aliphatic carbocycles. The van der Waals surface area contributed by atoms with Gasteiger partial charge in [-0.1, -0.05) is 13.3 Å². The van der Waals surface area contributed by atoms with Crippen molar-refractivity contribution in [1.82, 2.24) is 0 Å². The fraction of sp³-hybridized carbons (Fsp3) is 0.588. The van der Waals surface area contributed by atoms with Gasteiger partial charge in [-0.05, 0) is 56.4 Å². The smallest absolute Gasteiger partial charge is 0.224 e. The second-order valence-electron chi connectivity index (χ2n) is 5.97. The van der Waals surface area contributed by atoms with Crippen LogP contribution in [-0.2, 0) is 4.79 Å². The lowest BCUT2D eigenvalue weighted by atomic mass is 10.00. The van der Waals surface area contributed by atoms with E-state index >= 15 is 0 Å². The van der Waals surface area contributed by atoms with Gasteiger partial charge in [-0.3, -0.25) is 4.79 Å². The van der Waals surface area contributed by atoms with E-state index in [1.807, 2.05) is 31.2 Å².